The molecule has 1 aromatic rings. The number of carbonyl (C=O) groups excluding carboxylic acids is 3. The zero-order valence-corrected chi connectivity index (χ0v) is 18.0. The highest BCUT2D eigenvalue weighted by Crippen LogP contribution is 2.27. The van der Waals surface area contributed by atoms with Gasteiger partial charge in [0.25, 0.3) is 5.91 Å². The Morgan fingerprint density at radius 1 is 1.23 bits per heavy atom. The van der Waals surface area contributed by atoms with Crippen LogP contribution >= 0.6 is 0 Å². The molecule has 0 bridgehead atoms. The van der Waals surface area contributed by atoms with Gasteiger partial charge in [-0.05, 0) is 36.8 Å². The second-order valence-corrected chi connectivity index (χ2v) is 8.74. The lowest BCUT2D eigenvalue weighted by Crippen LogP contribution is -2.40. The van der Waals surface area contributed by atoms with E-state index in [4.69, 9.17) is 0 Å². The molecule has 1 aliphatic carbocycles. The zero-order valence-electron chi connectivity index (χ0n) is 18.0. The third kappa shape index (κ3) is 4.81. The van der Waals surface area contributed by atoms with Crippen LogP contribution in [-0.2, 0) is 16.6 Å². The number of ketones is 1. The minimum absolute atomic E-state index is 0.0505. The summed E-state index contributed by atoms with van der Waals surface area (Å²) in [6.45, 7) is 3.22. The number of Topliss-reactive ketones (excluding diaryl/α,β-unsaturated/α-hetero) is 1. The van der Waals surface area contributed by atoms with E-state index >= 15 is 0 Å². The molecule has 1 fully saturated rings. The van der Waals surface area contributed by atoms with Gasteiger partial charge in [-0.15, -0.1) is 0 Å². The van der Waals surface area contributed by atoms with E-state index in [1.54, 1.807) is 24.1 Å². The summed E-state index contributed by atoms with van der Waals surface area (Å²) >= 11 is 0. The number of piperidine rings is 1. The SMILES string of the molecule is C[C@@H](CC(=O)N1CCC(C(=O)c2cnn(C)c2)CC1)CC1=NC(=O)C2C=CC=CC2=C1. The van der Waals surface area contributed by atoms with Gasteiger partial charge in [0.1, 0.15) is 0 Å². The molecule has 0 aromatic carbocycles. The molecule has 3 heterocycles. The molecule has 31 heavy (non-hydrogen) atoms. The van der Waals surface area contributed by atoms with Crippen molar-refractivity contribution in [3.63, 3.8) is 0 Å². The first kappa shape index (κ1) is 21.2. The highest BCUT2D eigenvalue weighted by molar-refractivity contribution is 6.08. The fraction of sp³-hybridized carbons (Fsp3) is 0.458. The van der Waals surface area contributed by atoms with Crippen LogP contribution in [0.15, 0.2) is 53.3 Å². The van der Waals surface area contributed by atoms with Gasteiger partial charge in [0.2, 0.25) is 5.91 Å². The van der Waals surface area contributed by atoms with Gasteiger partial charge in [0.15, 0.2) is 5.78 Å². The van der Waals surface area contributed by atoms with Gasteiger partial charge in [0.05, 0.1) is 17.7 Å². The van der Waals surface area contributed by atoms with E-state index in [-0.39, 0.29) is 35.4 Å². The largest absolute Gasteiger partial charge is 0.343 e. The summed E-state index contributed by atoms with van der Waals surface area (Å²) in [4.78, 5) is 43.7. The smallest absolute Gasteiger partial charge is 0.257 e. The number of carbonyl (C=O) groups is 3. The Labute approximate surface area is 182 Å². The maximum absolute atomic E-state index is 12.8. The Morgan fingerprint density at radius 2 is 2.00 bits per heavy atom. The molecule has 3 aliphatic rings. The topological polar surface area (TPSA) is 84.6 Å². The van der Waals surface area contributed by atoms with Crippen molar-refractivity contribution < 1.29 is 14.4 Å². The number of hydrogen-bond donors (Lipinski definition) is 0. The fourth-order valence-corrected chi connectivity index (χ4v) is 4.49. The van der Waals surface area contributed by atoms with Crippen molar-refractivity contribution in [3.8, 4) is 0 Å². The van der Waals surface area contributed by atoms with Crippen molar-refractivity contribution in [2.45, 2.75) is 32.6 Å². The summed E-state index contributed by atoms with van der Waals surface area (Å²) in [6.07, 6.45) is 15.3. The number of rotatable bonds is 6. The molecule has 0 saturated carbocycles. The van der Waals surface area contributed by atoms with Gasteiger partial charge >= 0.3 is 0 Å². The average Bonchev–Trinajstić information content (AvgIpc) is 3.19. The van der Waals surface area contributed by atoms with Crippen molar-refractivity contribution >= 4 is 23.3 Å². The first-order valence-corrected chi connectivity index (χ1v) is 10.9. The summed E-state index contributed by atoms with van der Waals surface area (Å²) in [5.74, 6) is -0.135. The van der Waals surface area contributed by atoms with E-state index in [1.807, 2.05) is 42.2 Å². The number of aryl methyl sites for hydroxylation is 1. The Kier molecular flexibility index (Phi) is 6.11. The minimum atomic E-state index is -0.263. The molecule has 2 aliphatic heterocycles. The van der Waals surface area contributed by atoms with E-state index in [2.05, 4.69) is 10.1 Å². The predicted octanol–water partition coefficient (Wildman–Crippen LogP) is 2.91. The van der Waals surface area contributed by atoms with Crippen LogP contribution in [0, 0.1) is 17.8 Å². The molecular weight excluding hydrogens is 392 g/mol. The molecule has 162 valence electrons. The number of fused-ring (bicyclic) bond motifs is 1. The molecule has 7 nitrogen and oxygen atoms in total. The maximum Gasteiger partial charge on any atom is 0.257 e. The molecule has 0 radical (unpaired) electrons. The van der Waals surface area contributed by atoms with E-state index < -0.39 is 0 Å². The van der Waals surface area contributed by atoms with Gasteiger partial charge in [-0.2, -0.15) is 5.10 Å². The number of hydrogen-bond acceptors (Lipinski definition) is 4. The number of amides is 2. The van der Waals surface area contributed by atoms with Crippen molar-refractivity contribution in [1.29, 1.82) is 0 Å². The second kappa shape index (κ2) is 8.96. The van der Waals surface area contributed by atoms with E-state index in [1.165, 1.54) is 0 Å². The quantitative estimate of drug-likeness (QED) is 0.663. The molecule has 2 amide bonds. The molecular formula is C24H28N4O3. The highest BCUT2D eigenvalue weighted by Gasteiger charge is 2.30. The normalized spacial score (nSPS) is 22.1. The Hall–Kier alpha value is -3.09. The average molecular weight is 421 g/mol. The molecule has 1 saturated heterocycles. The number of dihydropyridines is 1. The minimum Gasteiger partial charge on any atom is -0.343 e. The van der Waals surface area contributed by atoms with Crippen molar-refractivity contribution in [2.75, 3.05) is 13.1 Å². The summed E-state index contributed by atoms with van der Waals surface area (Å²) in [6, 6.07) is 0. The lowest BCUT2D eigenvalue weighted by Gasteiger charge is -2.32. The number of likely N-dealkylation sites (tertiary alicyclic amines) is 1. The van der Waals surface area contributed by atoms with E-state index in [0.29, 0.717) is 44.3 Å². The molecule has 1 aromatic heterocycles. The number of aliphatic imine (C=N–C) groups is 1. The first-order valence-electron chi connectivity index (χ1n) is 10.9. The predicted molar refractivity (Wildman–Crippen MR) is 118 cm³/mol. The maximum atomic E-state index is 12.8. The van der Waals surface area contributed by atoms with Crippen molar-refractivity contribution in [2.24, 2.45) is 29.8 Å². The molecule has 2 atom stereocenters. The zero-order chi connectivity index (χ0) is 22.0. The van der Waals surface area contributed by atoms with Crippen LogP contribution in [-0.4, -0.2) is 51.1 Å². The van der Waals surface area contributed by atoms with Crippen LogP contribution in [0.2, 0.25) is 0 Å². The lowest BCUT2D eigenvalue weighted by molar-refractivity contribution is -0.133. The van der Waals surface area contributed by atoms with Crippen molar-refractivity contribution in [1.82, 2.24) is 14.7 Å². The Morgan fingerprint density at radius 3 is 2.71 bits per heavy atom. The molecule has 4 rings (SSSR count). The fourth-order valence-electron chi connectivity index (χ4n) is 4.49. The molecule has 0 N–H and O–H groups in total. The van der Waals surface area contributed by atoms with Crippen LogP contribution in [0.3, 0.4) is 0 Å². The lowest BCUT2D eigenvalue weighted by atomic mass is 9.88. The second-order valence-electron chi connectivity index (χ2n) is 8.74. The summed E-state index contributed by atoms with van der Waals surface area (Å²) in [7, 11) is 1.80. The van der Waals surface area contributed by atoms with Gasteiger partial charge < -0.3 is 4.90 Å². The van der Waals surface area contributed by atoms with Gasteiger partial charge in [-0.1, -0.05) is 31.2 Å². The third-order valence-electron chi connectivity index (χ3n) is 6.20. The van der Waals surface area contributed by atoms with Crippen LogP contribution in [0.1, 0.15) is 43.0 Å². The number of aromatic nitrogens is 2. The molecule has 1 unspecified atom stereocenters. The van der Waals surface area contributed by atoms with Crippen LogP contribution in [0.25, 0.3) is 0 Å². The number of nitrogens with zero attached hydrogens (tertiary/aromatic N) is 4. The number of allylic oxidation sites excluding steroid dienone is 4. The van der Waals surface area contributed by atoms with Gasteiger partial charge in [0, 0.05) is 44.4 Å². The van der Waals surface area contributed by atoms with Crippen LogP contribution < -0.4 is 0 Å². The summed E-state index contributed by atoms with van der Waals surface area (Å²) in [5, 5.41) is 4.07. The van der Waals surface area contributed by atoms with E-state index in [0.717, 1.165) is 11.3 Å². The third-order valence-corrected chi connectivity index (χ3v) is 6.20. The van der Waals surface area contributed by atoms with Gasteiger partial charge in [-0.25, -0.2) is 4.99 Å². The molecule has 0 spiro atoms. The Bertz CT molecular complexity index is 1010. The molecule has 7 heteroatoms. The van der Waals surface area contributed by atoms with E-state index in [9.17, 15) is 14.4 Å². The standard InChI is InChI=1S/C24H28N4O3/c1-16(11-20-13-18-5-3-4-6-21(18)24(31)26-20)12-22(29)28-9-7-17(8-10-28)23(30)19-14-25-27(2)15-19/h3-6,13-17,21H,7-12H2,1-2H3/t16-,21?/m1/s1. The monoisotopic (exact) mass is 420 g/mol. The summed E-state index contributed by atoms with van der Waals surface area (Å²) in [5.41, 5.74) is 2.36. The summed E-state index contributed by atoms with van der Waals surface area (Å²) < 4.78 is 1.63. The highest BCUT2D eigenvalue weighted by atomic mass is 16.2. The first-order chi connectivity index (χ1) is 14.9. The van der Waals surface area contributed by atoms with Crippen molar-refractivity contribution in [3.05, 3.63) is 53.9 Å². The Balaban J connectivity index is 1.27. The van der Waals surface area contributed by atoms with Crippen LogP contribution in [0.5, 0.6) is 0 Å². The van der Waals surface area contributed by atoms with Gasteiger partial charge in [-0.3, -0.25) is 19.1 Å². The van der Waals surface area contributed by atoms with Crippen LogP contribution in [0.4, 0.5) is 0 Å².